The van der Waals surface area contributed by atoms with Gasteiger partial charge in [-0.3, -0.25) is 20.5 Å². The van der Waals surface area contributed by atoms with Crippen molar-refractivity contribution in [3.8, 4) is 0 Å². The Labute approximate surface area is 186 Å². The van der Waals surface area contributed by atoms with E-state index in [1.54, 1.807) is 67.6 Å². The monoisotopic (exact) mass is 431 g/mol. The number of hydrogen-bond acceptors (Lipinski definition) is 5. The maximum absolute atomic E-state index is 13.2. The van der Waals surface area contributed by atoms with Gasteiger partial charge in [0.15, 0.2) is 5.78 Å². The first-order valence-electron chi connectivity index (χ1n) is 10.0. The second-order valence-electron chi connectivity index (χ2n) is 7.29. The summed E-state index contributed by atoms with van der Waals surface area (Å²) in [6.07, 6.45) is 2.96. The van der Waals surface area contributed by atoms with E-state index in [9.17, 15) is 9.59 Å². The first-order chi connectivity index (χ1) is 15.3. The lowest BCUT2D eigenvalue weighted by Crippen LogP contribution is -2.41. The highest BCUT2D eigenvalue weighted by Crippen LogP contribution is 2.23. The van der Waals surface area contributed by atoms with E-state index < -0.39 is 6.09 Å². The standard InChI is InChI=1S/C24H25N5O3/c1-2-32-24(31)29-13-19(11-15-3-7-17(8-4-15)22(25)26)21(30)20(14-29)12-16-5-9-18(10-6-16)23(27)28/h3-12H,2,13-14H2,1H3,(H3,25,26)(H3,27,28)/b19-11-,20-12-. The van der Waals surface area contributed by atoms with Crippen LogP contribution in [0.1, 0.15) is 29.2 Å². The number of rotatable bonds is 5. The number of benzene rings is 2. The number of nitrogen functional groups attached to an aromatic ring is 2. The average Bonchev–Trinajstić information content (AvgIpc) is 2.77. The van der Waals surface area contributed by atoms with Crippen LogP contribution in [0.15, 0.2) is 59.7 Å². The Kier molecular flexibility index (Phi) is 6.84. The van der Waals surface area contributed by atoms with Crippen molar-refractivity contribution in [1.29, 1.82) is 10.8 Å². The third-order valence-corrected chi connectivity index (χ3v) is 4.96. The van der Waals surface area contributed by atoms with Crippen LogP contribution >= 0.6 is 0 Å². The number of carbonyl (C=O) groups excluding carboxylic acids is 2. The van der Waals surface area contributed by atoms with Crippen molar-refractivity contribution < 1.29 is 14.3 Å². The van der Waals surface area contributed by atoms with Crippen LogP contribution in [-0.4, -0.2) is 48.1 Å². The molecule has 8 nitrogen and oxygen atoms in total. The third-order valence-electron chi connectivity index (χ3n) is 4.96. The first-order valence-corrected chi connectivity index (χ1v) is 10.0. The molecule has 1 aliphatic rings. The maximum atomic E-state index is 13.2. The zero-order valence-electron chi connectivity index (χ0n) is 17.7. The molecule has 0 aromatic heterocycles. The van der Waals surface area contributed by atoms with Gasteiger partial charge in [0.25, 0.3) is 0 Å². The number of piperidine rings is 1. The highest BCUT2D eigenvalue weighted by Gasteiger charge is 2.29. The zero-order chi connectivity index (χ0) is 23.3. The van der Waals surface area contributed by atoms with Crippen LogP contribution in [0.3, 0.4) is 0 Å². The number of carbonyl (C=O) groups is 2. The summed E-state index contributed by atoms with van der Waals surface area (Å²) in [7, 11) is 0. The molecule has 0 aliphatic carbocycles. The summed E-state index contributed by atoms with van der Waals surface area (Å²) in [5.41, 5.74) is 14.6. The Morgan fingerprint density at radius 1 is 0.906 bits per heavy atom. The normalized spacial score (nSPS) is 16.3. The third kappa shape index (κ3) is 5.28. The van der Waals surface area contributed by atoms with Crippen LogP contribution < -0.4 is 11.5 Å². The van der Waals surface area contributed by atoms with Crippen molar-refractivity contribution in [2.75, 3.05) is 19.7 Å². The molecule has 0 unspecified atom stereocenters. The number of ketones is 1. The van der Waals surface area contributed by atoms with E-state index in [0.717, 1.165) is 11.1 Å². The van der Waals surface area contributed by atoms with E-state index >= 15 is 0 Å². The lowest BCUT2D eigenvalue weighted by atomic mass is 9.94. The topological polar surface area (TPSA) is 146 Å². The minimum absolute atomic E-state index is 0.0348. The van der Waals surface area contributed by atoms with E-state index in [0.29, 0.717) is 22.3 Å². The van der Waals surface area contributed by atoms with E-state index in [4.69, 9.17) is 27.0 Å². The first kappa shape index (κ1) is 22.5. The fourth-order valence-corrected chi connectivity index (χ4v) is 3.30. The Morgan fingerprint density at radius 2 is 1.31 bits per heavy atom. The summed E-state index contributed by atoms with van der Waals surface area (Å²) in [6.45, 7) is 2.23. The van der Waals surface area contributed by atoms with Gasteiger partial charge in [-0.15, -0.1) is 0 Å². The highest BCUT2D eigenvalue weighted by atomic mass is 16.6. The number of hydrogen-bond donors (Lipinski definition) is 4. The number of ether oxygens (including phenoxy) is 1. The molecule has 2 aromatic rings. The van der Waals surface area contributed by atoms with Crippen LogP contribution in [0.4, 0.5) is 4.79 Å². The molecule has 1 heterocycles. The lowest BCUT2D eigenvalue weighted by Gasteiger charge is -2.29. The van der Waals surface area contributed by atoms with E-state index in [1.807, 2.05) is 0 Å². The summed E-state index contributed by atoms with van der Waals surface area (Å²) in [4.78, 5) is 27.1. The van der Waals surface area contributed by atoms with Crippen molar-refractivity contribution in [1.82, 2.24) is 4.90 Å². The molecule has 164 valence electrons. The smallest absolute Gasteiger partial charge is 0.410 e. The van der Waals surface area contributed by atoms with Gasteiger partial charge in [0.1, 0.15) is 11.7 Å². The van der Waals surface area contributed by atoms with Crippen molar-refractivity contribution in [2.24, 2.45) is 11.5 Å². The van der Waals surface area contributed by atoms with Gasteiger partial charge in [-0.25, -0.2) is 4.79 Å². The van der Waals surface area contributed by atoms with Crippen molar-refractivity contribution in [3.63, 3.8) is 0 Å². The molecule has 32 heavy (non-hydrogen) atoms. The van der Waals surface area contributed by atoms with Crippen LogP contribution in [0, 0.1) is 10.8 Å². The number of nitrogens with zero attached hydrogens (tertiary/aromatic N) is 1. The molecule has 0 spiro atoms. The summed E-state index contributed by atoms with van der Waals surface area (Å²) >= 11 is 0. The minimum atomic E-state index is -0.490. The van der Waals surface area contributed by atoms with E-state index in [1.165, 1.54) is 4.90 Å². The van der Waals surface area contributed by atoms with Gasteiger partial charge < -0.3 is 16.2 Å². The lowest BCUT2D eigenvalue weighted by molar-refractivity contribution is -0.113. The van der Waals surface area contributed by atoms with Gasteiger partial charge in [-0.2, -0.15) is 0 Å². The molecule has 1 saturated heterocycles. The fraction of sp³-hybridized carbons (Fsp3) is 0.167. The van der Waals surface area contributed by atoms with Gasteiger partial charge in [-0.05, 0) is 30.2 Å². The molecular weight excluding hydrogens is 406 g/mol. The highest BCUT2D eigenvalue weighted by molar-refractivity contribution is 6.15. The average molecular weight is 431 g/mol. The number of amidine groups is 2. The predicted octanol–water partition coefficient (Wildman–Crippen LogP) is 2.76. The molecule has 0 radical (unpaired) electrons. The van der Waals surface area contributed by atoms with Gasteiger partial charge in [-0.1, -0.05) is 48.5 Å². The molecule has 3 rings (SSSR count). The number of nitrogens with two attached hydrogens (primary N) is 2. The van der Waals surface area contributed by atoms with Crippen molar-refractivity contribution >= 4 is 35.7 Å². The zero-order valence-corrected chi connectivity index (χ0v) is 17.7. The molecule has 2 aromatic carbocycles. The van der Waals surface area contributed by atoms with Crippen molar-refractivity contribution in [3.05, 3.63) is 81.9 Å². The minimum Gasteiger partial charge on any atom is -0.450 e. The molecule has 1 fully saturated rings. The van der Waals surface area contributed by atoms with Gasteiger partial charge in [0.05, 0.1) is 19.7 Å². The van der Waals surface area contributed by atoms with Crippen LogP contribution in [0.5, 0.6) is 0 Å². The van der Waals surface area contributed by atoms with E-state index in [-0.39, 0.29) is 37.2 Å². The molecule has 8 heteroatoms. The Morgan fingerprint density at radius 3 is 1.66 bits per heavy atom. The number of nitrogens with one attached hydrogen (secondary N) is 2. The summed E-state index contributed by atoms with van der Waals surface area (Å²) < 4.78 is 5.14. The van der Waals surface area contributed by atoms with Crippen molar-refractivity contribution in [2.45, 2.75) is 6.92 Å². The second kappa shape index (κ2) is 9.74. The molecule has 0 atom stereocenters. The summed E-state index contributed by atoms with van der Waals surface area (Å²) in [5.74, 6) is -0.225. The maximum Gasteiger partial charge on any atom is 0.410 e. The SMILES string of the molecule is CCOC(=O)N1C/C(=C/c2ccc(C(=N)N)cc2)C(=O)/C(=C\c2ccc(C(=N)N)cc2)C1. The number of amides is 1. The molecule has 1 aliphatic heterocycles. The molecule has 0 saturated carbocycles. The van der Waals surface area contributed by atoms with Crippen LogP contribution in [0.25, 0.3) is 12.2 Å². The Balaban J connectivity index is 1.95. The molecule has 1 amide bonds. The van der Waals surface area contributed by atoms with Gasteiger partial charge in [0.2, 0.25) is 0 Å². The quantitative estimate of drug-likeness (QED) is 0.327. The van der Waals surface area contributed by atoms with E-state index in [2.05, 4.69) is 0 Å². The predicted molar refractivity (Wildman–Crippen MR) is 124 cm³/mol. The van der Waals surface area contributed by atoms with Gasteiger partial charge in [0, 0.05) is 22.3 Å². The molecule has 6 N–H and O–H groups in total. The second-order valence-corrected chi connectivity index (χ2v) is 7.29. The molecular formula is C24H25N5O3. The summed E-state index contributed by atoms with van der Waals surface area (Å²) in [6, 6.07) is 13.9. The number of Topliss-reactive ketones (excluding diaryl/α,β-unsaturated/α-hetero) is 1. The Hall–Kier alpha value is -4.20. The fourth-order valence-electron chi connectivity index (χ4n) is 3.30. The number of likely N-dealkylation sites (tertiary alicyclic amines) is 1. The van der Waals surface area contributed by atoms with Gasteiger partial charge >= 0.3 is 6.09 Å². The van der Waals surface area contributed by atoms with Crippen LogP contribution in [0.2, 0.25) is 0 Å². The molecule has 0 bridgehead atoms. The van der Waals surface area contributed by atoms with Crippen LogP contribution in [-0.2, 0) is 9.53 Å². The Bertz CT molecular complexity index is 1040. The summed E-state index contributed by atoms with van der Waals surface area (Å²) in [5, 5.41) is 15.0. The largest absolute Gasteiger partial charge is 0.450 e.